The average molecular weight is 334 g/mol. The molecule has 6 heteroatoms. The molecule has 0 aliphatic rings. The molecular formula is C17H16ClNO4. The predicted octanol–water partition coefficient (Wildman–Crippen LogP) is 4.27. The fraction of sp³-hybridized carbons (Fsp3) is 0.176. The van der Waals surface area contributed by atoms with Crippen molar-refractivity contribution in [3.8, 4) is 0 Å². The maximum absolute atomic E-state index is 11.9. The van der Waals surface area contributed by atoms with Crippen LogP contribution < -0.4 is 5.32 Å². The standard InChI is InChI=1S/C17H16ClNO4/c1-2-22-16(20)14-8-3-4-9-15(14)19-17(21)23-11-12-6-5-7-13(18)10-12/h3-10H,2,11H2,1H3,(H,19,21). The number of rotatable bonds is 5. The molecule has 0 atom stereocenters. The van der Waals surface area contributed by atoms with Gasteiger partial charge in [0.2, 0.25) is 0 Å². The van der Waals surface area contributed by atoms with Crippen molar-refractivity contribution < 1.29 is 19.1 Å². The van der Waals surface area contributed by atoms with E-state index in [0.717, 1.165) is 5.56 Å². The van der Waals surface area contributed by atoms with E-state index >= 15 is 0 Å². The first-order chi connectivity index (χ1) is 11.1. The van der Waals surface area contributed by atoms with Gasteiger partial charge in [-0.2, -0.15) is 0 Å². The van der Waals surface area contributed by atoms with Gasteiger partial charge in [-0.3, -0.25) is 5.32 Å². The lowest BCUT2D eigenvalue weighted by Crippen LogP contribution is -2.16. The monoisotopic (exact) mass is 333 g/mol. The van der Waals surface area contributed by atoms with Crippen LogP contribution in [0.4, 0.5) is 10.5 Å². The average Bonchev–Trinajstić information content (AvgIpc) is 2.54. The van der Waals surface area contributed by atoms with E-state index in [-0.39, 0.29) is 18.8 Å². The van der Waals surface area contributed by atoms with Crippen LogP contribution in [0, 0.1) is 0 Å². The zero-order valence-corrected chi connectivity index (χ0v) is 13.3. The highest BCUT2D eigenvalue weighted by Crippen LogP contribution is 2.17. The summed E-state index contributed by atoms with van der Waals surface area (Å²) in [6.07, 6.45) is -0.665. The van der Waals surface area contributed by atoms with Crippen LogP contribution >= 0.6 is 11.6 Å². The second kappa shape index (κ2) is 8.19. The molecular weight excluding hydrogens is 318 g/mol. The van der Waals surface area contributed by atoms with Gasteiger partial charge in [-0.15, -0.1) is 0 Å². The van der Waals surface area contributed by atoms with Crippen molar-refractivity contribution in [3.05, 3.63) is 64.7 Å². The van der Waals surface area contributed by atoms with E-state index in [1.807, 2.05) is 0 Å². The highest BCUT2D eigenvalue weighted by Gasteiger charge is 2.14. The van der Waals surface area contributed by atoms with Gasteiger partial charge < -0.3 is 9.47 Å². The molecule has 2 aromatic rings. The van der Waals surface area contributed by atoms with Crippen molar-refractivity contribution in [2.75, 3.05) is 11.9 Å². The minimum Gasteiger partial charge on any atom is -0.462 e. The Kier molecular flexibility index (Phi) is 6.00. The number of anilines is 1. The molecule has 23 heavy (non-hydrogen) atoms. The van der Waals surface area contributed by atoms with Gasteiger partial charge in [0.15, 0.2) is 0 Å². The molecule has 0 spiro atoms. The van der Waals surface area contributed by atoms with E-state index in [1.54, 1.807) is 55.5 Å². The minimum atomic E-state index is -0.665. The van der Waals surface area contributed by atoms with Crippen LogP contribution in [-0.4, -0.2) is 18.7 Å². The molecule has 0 aliphatic carbocycles. The Hall–Kier alpha value is -2.53. The largest absolute Gasteiger partial charge is 0.462 e. The third-order valence-corrected chi connectivity index (χ3v) is 3.15. The van der Waals surface area contributed by atoms with E-state index in [0.29, 0.717) is 10.7 Å². The zero-order valence-electron chi connectivity index (χ0n) is 12.5. The smallest absolute Gasteiger partial charge is 0.411 e. The minimum absolute atomic E-state index is 0.0773. The van der Waals surface area contributed by atoms with Gasteiger partial charge in [-0.1, -0.05) is 35.9 Å². The number of carbonyl (C=O) groups is 2. The molecule has 0 saturated carbocycles. The molecule has 1 amide bonds. The Morgan fingerprint density at radius 3 is 2.61 bits per heavy atom. The van der Waals surface area contributed by atoms with Gasteiger partial charge in [0.05, 0.1) is 17.9 Å². The van der Waals surface area contributed by atoms with Crippen molar-refractivity contribution in [1.29, 1.82) is 0 Å². The molecule has 0 saturated heterocycles. The highest BCUT2D eigenvalue weighted by atomic mass is 35.5. The molecule has 0 fully saturated rings. The number of para-hydroxylation sites is 1. The molecule has 0 unspecified atom stereocenters. The summed E-state index contributed by atoms with van der Waals surface area (Å²) >= 11 is 5.87. The van der Waals surface area contributed by atoms with E-state index in [9.17, 15) is 9.59 Å². The summed E-state index contributed by atoms with van der Waals surface area (Å²) in [5.74, 6) is -0.502. The first kappa shape index (κ1) is 16.8. The normalized spacial score (nSPS) is 10.0. The van der Waals surface area contributed by atoms with Crippen molar-refractivity contribution in [2.24, 2.45) is 0 Å². The molecule has 1 N–H and O–H groups in total. The second-order valence-electron chi connectivity index (χ2n) is 4.60. The van der Waals surface area contributed by atoms with Gasteiger partial charge in [-0.05, 0) is 36.8 Å². The maximum atomic E-state index is 11.9. The SMILES string of the molecule is CCOC(=O)c1ccccc1NC(=O)OCc1cccc(Cl)c1. The number of carbonyl (C=O) groups excluding carboxylic acids is 2. The summed E-state index contributed by atoms with van der Waals surface area (Å²) in [6.45, 7) is 2.05. The lowest BCUT2D eigenvalue weighted by molar-refractivity contribution is 0.0527. The van der Waals surface area contributed by atoms with Crippen LogP contribution in [0.3, 0.4) is 0 Å². The molecule has 5 nitrogen and oxygen atoms in total. The number of hydrogen-bond donors (Lipinski definition) is 1. The number of nitrogens with one attached hydrogen (secondary N) is 1. The lowest BCUT2D eigenvalue weighted by atomic mass is 10.2. The molecule has 0 aromatic heterocycles. The van der Waals surface area contributed by atoms with Gasteiger partial charge in [0.25, 0.3) is 0 Å². The Morgan fingerprint density at radius 2 is 1.87 bits per heavy atom. The molecule has 2 aromatic carbocycles. The van der Waals surface area contributed by atoms with E-state index < -0.39 is 12.1 Å². The van der Waals surface area contributed by atoms with E-state index in [2.05, 4.69) is 5.32 Å². The third-order valence-electron chi connectivity index (χ3n) is 2.92. The maximum Gasteiger partial charge on any atom is 0.411 e. The molecule has 0 aliphatic heterocycles. The summed E-state index contributed by atoms with van der Waals surface area (Å²) in [5.41, 5.74) is 1.38. The topological polar surface area (TPSA) is 64.6 Å². The summed E-state index contributed by atoms with van der Waals surface area (Å²) in [7, 11) is 0. The van der Waals surface area contributed by atoms with Crippen LogP contribution in [0.15, 0.2) is 48.5 Å². The van der Waals surface area contributed by atoms with Crippen molar-refractivity contribution in [2.45, 2.75) is 13.5 Å². The highest BCUT2D eigenvalue weighted by molar-refractivity contribution is 6.30. The Morgan fingerprint density at radius 1 is 1.09 bits per heavy atom. The number of esters is 1. The number of ether oxygens (including phenoxy) is 2. The molecule has 2 rings (SSSR count). The van der Waals surface area contributed by atoms with Crippen molar-refractivity contribution in [3.63, 3.8) is 0 Å². The van der Waals surface area contributed by atoms with Crippen LogP contribution in [-0.2, 0) is 16.1 Å². The van der Waals surface area contributed by atoms with Gasteiger partial charge in [0.1, 0.15) is 6.61 Å². The molecule has 0 radical (unpaired) electrons. The number of halogens is 1. The number of amides is 1. The first-order valence-electron chi connectivity index (χ1n) is 7.04. The van der Waals surface area contributed by atoms with Gasteiger partial charge in [0, 0.05) is 5.02 Å². The molecule has 0 bridgehead atoms. The quantitative estimate of drug-likeness (QED) is 0.830. The third kappa shape index (κ3) is 5.00. The first-order valence-corrected chi connectivity index (χ1v) is 7.42. The Bertz CT molecular complexity index is 702. The summed E-state index contributed by atoms with van der Waals surface area (Å²) in [6, 6.07) is 13.6. The molecule has 0 heterocycles. The van der Waals surface area contributed by atoms with E-state index in [1.165, 1.54) is 0 Å². The summed E-state index contributed by atoms with van der Waals surface area (Å²) in [4.78, 5) is 23.7. The fourth-order valence-electron chi connectivity index (χ4n) is 1.90. The van der Waals surface area contributed by atoms with Crippen LogP contribution in [0.25, 0.3) is 0 Å². The lowest BCUT2D eigenvalue weighted by Gasteiger charge is -2.11. The predicted molar refractivity (Wildman–Crippen MR) is 87.7 cm³/mol. The van der Waals surface area contributed by atoms with Crippen molar-refractivity contribution >= 4 is 29.4 Å². The Labute approximate surface area is 139 Å². The van der Waals surface area contributed by atoms with Gasteiger partial charge >= 0.3 is 12.1 Å². The Balaban J connectivity index is 1.99. The summed E-state index contributed by atoms with van der Waals surface area (Å²) in [5, 5.41) is 3.11. The van der Waals surface area contributed by atoms with Crippen LogP contribution in [0.1, 0.15) is 22.8 Å². The van der Waals surface area contributed by atoms with Crippen molar-refractivity contribution in [1.82, 2.24) is 0 Å². The van der Waals surface area contributed by atoms with Crippen LogP contribution in [0.2, 0.25) is 5.02 Å². The van der Waals surface area contributed by atoms with Gasteiger partial charge in [-0.25, -0.2) is 9.59 Å². The van der Waals surface area contributed by atoms with E-state index in [4.69, 9.17) is 21.1 Å². The number of benzene rings is 2. The fourth-order valence-corrected chi connectivity index (χ4v) is 2.11. The zero-order chi connectivity index (χ0) is 16.7. The summed E-state index contributed by atoms with van der Waals surface area (Å²) < 4.78 is 10.1. The molecule has 120 valence electrons. The number of hydrogen-bond acceptors (Lipinski definition) is 4. The van der Waals surface area contributed by atoms with Crippen LogP contribution in [0.5, 0.6) is 0 Å². The second-order valence-corrected chi connectivity index (χ2v) is 5.03.